The lowest BCUT2D eigenvalue weighted by molar-refractivity contribution is -0.346. The van der Waals surface area contributed by atoms with Crippen LogP contribution in [-0.4, -0.2) is 213 Å². The molecule has 73 heavy (non-hydrogen) atoms. The molecule has 0 aliphatic carbocycles. The lowest BCUT2D eigenvalue weighted by Crippen LogP contribution is -2.67. The number of hydrogen-bond donors (Lipinski definition) is 4. The Labute approximate surface area is 428 Å². The molecule has 24 nitrogen and oxygen atoms in total. The minimum atomic E-state index is -2.09. The van der Waals surface area contributed by atoms with Gasteiger partial charge in [0.05, 0.1) is 36.9 Å². The first kappa shape index (κ1) is 63.6. The smallest absolute Gasteiger partial charge is 0.309 e. The van der Waals surface area contributed by atoms with Crippen LogP contribution in [0.15, 0.2) is 0 Å². The van der Waals surface area contributed by atoms with Crippen LogP contribution in [0.5, 0.6) is 0 Å². The number of carbonyl (C=O) groups is 6. The van der Waals surface area contributed by atoms with Crippen molar-refractivity contribution in [1.82, 2.24) is 4.90 Å². The van der Waals surface area contributed by atoms with Gasteiger partial charge in [-0.1, -0.05) is 20.8 Å². The van der Waals surface area contributed by atoms with Gasteiger partial charge in [-0.3, -0.25) is 28.8 Å². The van der Waals surface area contributed by atoms with Crippen LogP contribution in [-0.2, 0) is 90.3 Å². The molecular formula is C49H83NO23. The molecule has 4 N–H and O–H groups in total. The average Bonchev–Trinajstić information content (AvgIpc) is 3.29. The first-order chi connectivity index (χ1) is 34.1. The van der Waals surface area contributed by atoms with Gasteiger partial charge in [-0.2, -0.15) is 0 Å². The topological polar surface area (TPSA) is 307 Å². The quantitative estimate of drug-likeness (QED) is 0.0905. The second-order valence-corrected chi connectivity index (χ2v) is 19.6. The highest BCUT2D eigenvalue weighted by Gasteiger charge is 2.56. The van der Waals surface area contributed by atoms with E-state index in [9.17, 15) is 49.2 Å². The van der Waals surface area contributed by atoms with Crippen molar-refractivity contribution in [1.29, 1.82) is 0 Å². The fraction of sp³-hybridized carbons (Fsp3) is 0.878. The van der Waals surface area contributed by atoms with Crippen molar-refractivity contribution in [3.63, 3.8) is 0 Å². The molecule has 0 aromatic heterocycles. The van der Waals surface area contributed by atoms with Gasteiger partial charge in [0.1, 0.15) is 48.8 Å². The summed E-state index contributed by atoms with van der Waals surface area (Å²) in [6.07, 6.45) is -25.0. The summed E-state index contributed by atoms with van der Waals surface area (Å²) in [7, 11) is 7.44. The van der Waals surface area contributed by atoms with Gasteiger partial charge in [-0.15, -0.1) is 0 Å². The summed E-state index contributed by atoms with van der Waals surface area (Å²) in [6.45, 7) is 14.6. The zero-order chi connectivity index (χ0) is 55.2. The summed E-state index contributed by atoms with van der Waals surface area (Å²) in [5, 5.41) is 44.9. The Kier molecular flexibility index (Phi) is 25.3. The fourth-order valence-corrected chi connectivity index (χ4v) is 10.0. The van der Waals surface area contributed by atoms with Crippen molar-refractivity contribution in [2.24, 2.45) is 11.8 Å². The van der Waals surface area contributed by atoms with Crippen LogP contribution in [0.1, 0.15) is 114 Å². The van der Waals surface area contributed by atoms with Crippen LogP contribution in [0.4, 0.5) is 0 Å². The van der Waals surface area contributed by atoms with E-state index in [1.807, 2.05) is 0 Å². The molecule has 0 bridgehead atoms. The zero-order valence-electron chi connectivity index (χ0n) is 45.0. The summed E-state index contributed by atoms with van der Waals surface area (Å²) in [6, 6.07) is -0.917. The van der Waals surface area contributed by atoms with Gasteiger partial charge in [-0.25, -0.2) is 0 Å². The number of hydrogen-bond acceptors (Lipinski definition) is 24. The molecule has 3 saturated heterocycles. The first-order valence-corrected chi connectivity index (χ1v) is 24.9. The maximum Gasteiger partial charge on any atom is 0.309 e. The Morgan fingerprint density at radius 2 is 1.30 bits per heavy atom. The highest BCUT2D eigenvalue weighted by atomic mass is 16.7. The maximum atomic E-state index is 13.8. The third-order valence-electron chi connectivity index (χ3n) is 13.4. The minimum Gasteiger partial charge on any atom is -0.462 e. The van der Waals surface area contributed by atoms with E-state index in [4.69, 9.17) is 61.6 Å². The number of aliphatic hydroxyl groups is 4. The van der Waals surface area contributed by atoms with Gasteiger partial charge in [0.25, 0.3) is 0 Å². The predicted molar refractivity (Wildman–Crippen MR) is 251 cm³/mol. The number of rotatable bonds is 17. The molecule has 3 rings (SSSR count). The Morgan fingerprint density at radius 1 is 0.712 bits per heavy atom. The molecule has 0 spiro atoms. The number of methoxy groups -OCH3 is 3. The van der Waals surface area contributed by atoms with Crippen molar-refractivity contribution in [2.45, 2.75) is 230 Å². The first-order valence-electron chi connectivity index (χ1n) is 24.9. The lowest BCUT2D eigenvalue weighted by Gasteiger charge is -2.51. The molecule has 20 atom stereocenters. The maximum absolute atomic E-state index is 13.8. The molecule has 0 aromatic carbocycles. The average molecular weight is 1050 g/mol. The Bertz CT molecular complexity index is 1780. The van der Waals surface area contributed by atoms with Gasteiger partial charge in [0, 0.05) is 74.2 Å². The summed E-state index contributed by atoms with van der Waals surface area (Å²) in [4.78, 5) is 79.6. The summed E-state index contributed by atoms with van der Waals surface area (Å²) < 4.78 is 79.0. The van der Waals surface area contributed by atoms with Crippen molar-refractivity contribution in [2.75, 3.05) is 35.4 Å². The van der Waals surface area contributed by atoms with Crippen LogP contribution >= 0.6 is 0 Å². The molecule has 0 saturated carbocycles. The van der Waals surface area contributed by atoms with Crippen molar-refractivity contribution in [3.05, 3.63) is 0 Å². The molecule has 24 heteroatoms. The molecule has 0 amide bonds. The predicted octanol–water partition coefficient (Wildman–Crippen LogP) is 1.23. The summed E-state index contributed by atoms with van der Waals surface area (Å²) in [5.74, 6) is -6.36. The summed E-state index contributed by atoms with van der Waals surface area (Å²) >= 11 is 0. The van der Waals surface area contributed by atoms with E-state index in [-0.39, 0.29) is 32.1 Å². The summed E-state index contributed by atoms with van der Waals surface area (Å²) in [5.41, 5.74) is -1.41. The second-order valence-electron chi connectivity index (χ2n) is 19.6. The van der Waals surface area contributed by atoms with E-state index in [1.54, 1.807) is 53.6 Å². The van der Waals surface area contributed by atoms with E-state index >= 15 is 0 Å². The molecule has 14 unspecified atom stereocenters. The van der Waals surface area contributed by atoms with E-state index < -0.39 is 176 Å². The van der Waals surface area contributed by atoms with Gasteiger partial charge in [0.2, 0.25) is 0 Å². The van der Waals surface area contributed by atoms with Crippen LogP contribution in [0.25, 0.3) is 0 Å². The molecule has 3 aliphatic rings. The number of cyclic esters (lactones) is 1. The highest BCUT2D eigenvalue weighted by Crippen LogP contribution is 2.41. The van der Waals surface area contributed by atoms with Crippen molar-refractivity contribution >= 4 is 35.8 Å². The number of likely N-dealkylation sites (N-methyl/N-ethyl adjacent to an activating group) is 1. The minimum absolute atomic E-state index is 0.0574. The third-order valence-corrected chi connectivity index (χ3v) is 13.4. The molecule has 3 fully saturated rings. The van der Waals surface area contributed by atoms with E-state index in [0.29, 0.717) is 0 Å². The standard InChI is InChI=1S/C49H83NO23/c1-16-33(55)69-32-21-35(57)64-24(4)19-31(54)39(58)40(59)41(60)42(67-27(7)51)23(3)18-30(20-36(61-13)62-14)44(45(32)63-15)72-48-46(68-28(8)52)38(50(11)12)43(25(5)66-48)71-37-22-49(10,73-29(9)53)47(26(6)65-37)70-34(56)17-2/h23-26,30-32,36-48,54,58-60H,16-22H2,1-15H3/t23-,24-,25?,26?,30-,31?,32-,37?,38?,39?,40?,41?,42-,43?,44+,45?,46?,47?,48?,49?/m1/s1. The second kappa shape index (κ2) is 29.0. The van der Waals surface area contributed by atoms with Crippen molar-refractivity contribution < 1.29 is 111 Å². The number of esters is 6. The van der Waals surface area contributed by atoms with Crippen LogP contribution in [0.3, 0.4) is 0 Å². The molecule has 0 radical (unpaired) electrons. The van der Waals surface area contributed by atoms with Crippen LogP contribution in [0, 0.1) is 11.8 Å². The lowest BCUT2D eigenvalue weighted by atomic mass is 9.80. The number of carbonyl (C=O) groups excluding carboxylic acids is 6. The highest BCUT2D eigenvalue weighted by molar-refractivity contribution is 5.73. The number of nitrogens with zero attached hydrogens (tertiary/aromatic N) is 1. The monoisotopic (exact) mass is 1050 g/mol. The molecule has 3 heterocycles. The molecule has 0 aromatic rings. The molecule has 3 aliphatic heterocycles. The van der Waals surface area contributed by atoms with E-state index in [0.717, 1.165) is 6.92 Å². The van der Waals surface area contributed by atoms with Gasteiger partial charge < -0.3 is 86.9 Å². The van der Waals surface area contributed by atoms with Gasteiger partial charge in [-0.05, 0) is 60.0 Å². The number of aliphatic hydroxyl groups excluding tert-OH is 4. The molecule has 422 valence electrons. The zero-order valence-corrected chi connectivity index (χ0v) is 45.0. The van der Waals surface area contributed by atoms with E-state index in [2.05, 4.69) is 0 Å². The van der Waals surface area contributed by atoms with Crippen LogP contribution < -0.4 is 0 Å². The Morgan fingerprint density at radius 3 is 1.84 bits per heavy atom. The Hall–Kier alpha value is -3.66. The van der Waals surface area contributed by atoms with Crippen LogP contribution in [0.2, 0.25) is 0 Å². The SMILES string of the molecule is CCC(=O)OC1C(C)OC(OC2C(C)OC(O[C@@H]3C(OC)[C@H](OC(=O)CC)CC(=O)O[C@H](C)CC(O)C(O)C(O)C(O)[C@H](OC(C)=O)[C@H](C)C[C@@H]3CC(OC)OC)C(OC(C)=O)C2N(C)C)CC1(C)OC(C)=O. The fourth-order valence-electron chi connectivity index (χ4n) is 10.0. The van der Waals surface area contributed by atoms with E-state index in [1.165, 1.54) is 49.0 Å². The normalized spacial score (nSPS) is 38.2. The number of ether oxygens (including phenoxy) is 13. The van der Waals surface area contributed by atoms with Gasteiger partial charge >= 0.3 is 35.8 Å². The van der Waals surface area contributed by atoms with Crippen molar-refractivity contribution in [3.8, 4) is 0 Å². The third kappa shape index (κ3) is 17.7. The van der Waals surface area contributed by atoms with Gasteiger partial charge in [0.15, 0.2) is 36.7 Å². The molecular weight excluding hydrogens is 971 g/mol. The largest absolute Gasteiger partial charge is 0.462 e. The Balaban J connectivity index is 2.31.